The summed E-state index contributed by atoms with van der Waals surface area (Å²) in [5, 5.41) is 9.32. The standard InChI is InChI=1S/C27H24O5/c1-17-5-6-18(13-22(17)19-3-2-4-20(15-19)26(29)30)14-25(28)27(9-10-27)21-7-8-23-24(16-21)32-12-11-31-23/h2-8,13,15-16H,9-12,14H2,1H3,(H,29,30). The molecule has 3 aromatic carbocycles. The van der Waals surface area contributed by atoms with Gasteiger partial charge in [-0.05, 0) is 71.8 Å². The summed E-state index contributed by atoms with van der Waals surface area (Å²) in [4.78, 5) is 24.8. The fourth-order valence-corrected chi connectivity index (χ4v) is 4.46. The maximum Gasteiger partial charge on any atom is 0.335 e. The van der Waals surface area contributed by atoms with Crippen LogP contribution in [0.4, 0.5) is 0 Å². The van der Waals surface area contributed by atoms with Crippen molar-refractivity contribution in [2.45, 2.75) is 31.6 Å². The van der Waals surface area contributed by atoms with E-state index < -0.39 is 11.4 Å². The number of fused-ring (bicyclic) bond motifs is 1. The highest BCUT2D eigenvalue weighted by atomic mass is 16.6. The molecule has 1 fully saturated rings. The number of carboxylic acids is 1. The number of ether oxygens (including phenoxy) is 2. The Morgan fingerprint density at radius 2 is 1.72 bits per heavy atom. The minimum atomic E-state index is -0.953. The molecule has 5 rings (SSSR count). The summed E-state index contributed by atoms with van der Waals surface area (Å²) >= 11 is 0. The van der Waals surface area contributed by atoms with E-state index in [-0.39, 0.29) is 11.3 Å². The van der Waals surface area contributed by atoms with Crippen molar-refractivity contribution in [1.82, 2.24) is 0 Å². The van der Waals surface area contributed by atoms with Crippen LogP contribution < -0.4 is 9.47 Å². The van der Waals surface area contributed by atoms with Gasteiger partial charge in [0.2, 0.25) is 0 Å². The van der Waals surface area contributed by atoms with Crippen molar-refractivity contribution < 1.29 is 24.2 Å². The summed E-state index contributed by atoms with van der Waals surface area (Å²) in [6.45, 7) is 3.06. The van der Waals surface area contributed by atoms with E-state index in [4.69, 9.17) is 9.47 Å². The van der Waals surface area contributed by atoms with E-state index in [0.29, 0.717) is 25.4 Å². The predicted octanol–water partition coefficient (Wildman–Crippen LogP) is 4.97. The first-order chi connectivity index (χ1) is 15.5. The third-order valence-electron chi connectivity index (χ3n) is 6.47. The van der Waals surface area contributed by atoms with Crippen molar-refractivity contribution in [1.29, 1.82) is 0 Å². The van der Waals surface area contributed by atoms with Crippen LogP contribution in [0.3, 0.4) is 0 Å². The van der Waals surface area contributed by atoms with Gasteiger partial charge in [-0.1, -0.05) is 36.4 Å². The van der Waals surface area contributed by atoms with E-state index in [2.05, 4.69) is 0 Å². The third-order valence-corrected chi connectivity index (χ3v) is 6.47. The molecule has 0 unspecified atom stereocenters. The quantitative estimate of drug-likeness (QED) is 0.600. The molecule has 0 saturated heterocycles. The normalized spacial score (nSPS) is 15.8. The molecular weight excluding hydrogens is 404 g/mol. The molecule has 0 radical (unpaired) electrons. The number of hydrogen-bond acceptors (Lipinski definition) is 4. The first kappa shape index (κ1) is 20.3. The van der Waals surface area contributed by atoms with Gasteiger partial charge < -0.3 is 14.6 Å². The average Bonchev–Trinajstić information content (AvgIpc) is 3.62. The Balaban J connectivity index is 1.41. The Kier molecular flexibility index (Phi) is 4.97. The van der Waals surface area contributed by atoms with E-state index in [1.807, 2.05) is 49.4 Å². The minimum absolute atomic E-state index is 0.197. The topological polar surface area (TPSA) is 72.8 Å². The van der Waals surface area contributed by atoms with Crippen LogP contribution >= 0.6 is 0 Å². The summed E-state index contributed by atoms with van der Waals surface area (Å²) in [6, 6.07) is 18.7. The summed E-state index contributed by atoms with van der Waals surface area (Å²) < 4.78 is 11.3. The van der Waals surface area contributed by atoms with Gasteiger partial charge in [-0.2, -0.15) is 0 Å². The van der Waals surface area contributed by atoms with Gasteiger partial charge in [0.15, 0.2) is 11.5 Å². The second-order valence-corrected chi connectivity index (χ2v) is 8.58. The largest absolute Gasteiger partial charge is 0.486 e. The molecule has 3 aromatic rings. The van der Waals surface area contributed by atoms with E-state index >= 15 is 0 Å². The Labute approximate surface area is 186 Å². The maximum absolute atomic E-state index is 13.4. The molecule has 0 bridgehead atoms. The molecule has 1 aliphatic carbocycles. The molecule has 162 valence electrons. The smallest absolute Gasteiger partial charge is 0.335 e. The number of Topliss-reactive ketones (excluding diaryl/α,β-unsaturated/α-hetero) is 1. The van der Waals surface area contributed by atoms with E-state index in [0.717, 1.165) is 46.4 Å². The highest BCUT2D eigenvalue weighted by molar-refractivity contribution is 5.95. The number of rotatable bonds is 6. The maximum atomic E-state index is 13.4. The van der Waals surface area contributed by atoms with Crippen molar-refractivity contribution >= 4 is 11.8 Å². The molecule has 0 atom stereocenters. The molecule has 32 heavy (non-hydrogen) atoms. The van der Waals surface area contributed by atoms with E-state index in [9.17, 15) is 14.7 Å². The average molecular weight is 428 g/mol. The van der Waals surface area contributed by atoms with Gasteiger partial charge in [-0.3, -0.25) is 4.79 Å². The van der Waals surface area contributed by atoms with Crippen LogP contribution in [0.25, 0.3) is 11.1 Å². The number of hydrogen-bond donors (Lipinski definition) is 1. The molecule has 2 aliphatic rings. The molecular formula is C27H24O5. The molecule has 5 heteroatoms. The zero-order valence-corrected chi connectivity index (χ0v) is 17.9. The molecule has 1 heterocycles. The summed E-state index contributed by atoms with van der Waals surface area (Å²) in [5.74, 6) is 0.688. The molecule has 0 amide bonds. The lowest BCUT2D eigenvalue weighted by molar-refractivity contribution is -0.120. The van der Waals surface area contributed by atoms with Crippen LogP contribution in [-0.2, 0) is 16.6 Å². The number of carboxylic acid groups (broad SMARTS) is 1. The van der Waals surface area contributed by atoms with Crippen molar-refractivity contribution in [2.24, 2.45) is 0 Å². The fraction of sp³-hybridized carbons (Fsp3) is 0.259. The summed E-state index contributed by atoms with van der Waals surface area (Å²) in [6.07, 6.45) is 2.01. The zero-order valence-electron chi connectivity index (χ0n) is 17.9. The highest BCUT2D eigenvalue weighted by Crippen LogP contribution is 2.51. The van der Waals surface area contributed by atoms with Gasteiger partial charge in [0.1, 0.15) is 19.0 Å². The van der Waals surface area contributed by atoms with Gasteiger partial charge in [-0.25, -0.2) is 4.79 Å². The lowest BCUT2D eigenvalue weighted by Crippen LogP contribution is -2.23. The number of benzene rings is 3. The van der Waals surface area contributed by atoms with Gasteiger partial charge in [0, 0.05) is 6.42 Å². The Bertz CT molecular complexity index is 1220. The van der Waals surface area contributed by atoms with Crippen LogP contribution in [0.2, 0.25) is 0 Å². The molecule has 1 saturated carbocycles. The van der Waals surface area contributed by atoms with E-state index in [1.54, 1.807) is 18.2 Å². The molecule has 0 aromatic heterocycles. The first-order valence-electron chi connectivity index (χ1n) is 10.8. The molecule has 0 spiro atoms. The number of carbonyl (C=O) groups excluding carboxylic acids is 1. The van der Waals surface area contributed by atoms with Crippen LogP contribution in [0.1, 0.15) is 39.9 Å². The van der Waals surface area contributed by atoms with E-state index in [1.165, 1.54) is 0 Å². The number of ketones is 1. The fourth-order valence-electron chi connectivity index (χ4n) is 4.46. The van der Waals surface area contributed by atoms with Crippen LogP contribution in [0, 0.1) is 6.92 Å². The SMILES string of the molecule is Cc1ccc(CC(=O)C2(c3ccc4c(c3)OCCO4)CC2)cc1-c1cccc(C(=O)O)c1. The molecule has 1 N–H and O–H groups in total. The predicted molar refractivity (Wildman–Crippen MR) is 121 cm³/mol. The zero-order chi connectivity index (χ0) is 22.3. The van der Waals surface area contributed by atoms with Gasteiger partial charge in [0.25, 0.3) is 0 Å². The van der Waals surface area contributed by atoms with Gasteiger partial charge >= 0.3 is 5.97 Å². The lowest BCUT2D eigenvalue weighted by Gasteiger charge is -2.21. The van der Waals surface area contributed by atoms with Crippen LogP contribution in [0.5, 0.6) is 11.5 Å². The van der Waals surface area contributed by atoms with Crippen LogP contribution in [0.15, 0.2) is 60.7 Å². The molecule has 1 aliphatic heterocycles. The van der Waals surface area contributed by atoms with Crippen molar-refractivity contribution in [3.8, 4) is 22.6 Å². The first-order valence-corrected chi connectivity index (χ1v) is 10.8. The van der Waals surface area contributed by atoms with Gasteiger partial charge in [0.05, 0.1) is 11.0 Å². The van der Waals surface area contributed by atoms with Crippen molar-refractivity contribution in [3.05, 3.63) is 82.9 Å². The van der Waals surface area contributed by atoms with Crippen molar-refractivity contribution in [3.63, 3.8) is 0 Å². The monoisotopic (exact) mass is 428 g/mol. The number of aryl methyl sites for hydroxylation is 1. The second-order valence-electron chi connectivity index (χ2n) is 8.58. The highest BCUT2D eigenvalue weighted by Gasteiger charge is 2.50. The number of carbonyl (C=O) groups is 2. The van der Waals surface area contributed by atoms with Gasteiger partial charge in [-0.15, -0.1) is 0 Å². The Morgan fingerprint density at radius 1 is 0.938 bits per heavy atom. The lowest BCUT2D eigenvalue weighted by atomic mass is 9.86. The summed E-state index contributed by atoms with van der Waals surface area (Å²) in [7, 11) is 0. The number of aromatic carboxylic acids is 1. The van der Waals surface area contributed by atoms with Crippen LogP contribution in [-0.4, -0.2) is 30.1 Å². The van der Waals surface area contributed by atoms with Crippen molar-refractivity contribution in [2.75, 3.05) is 13.2 Å². The Morgan fingerprint density at radius 3 is 2.47 bits per heavy atom. The third kappa shape index (κ3) is 3.64. The second kappa shape index (κ2) is 7.83. The summed E-state index contributed by atoms with van der Waals surface area (Å²) in [5.41, 5.74) is 4.54. The Hall–Kier alpha value is -3.60. The molecule has 5 nitrogen and oxygen atoms in total. The minimum Gasteiger partial charge on any atom is -0.486 e.